The van der Waals surface area contributed by atoms with Gasteiger partial charge in [0.15, 0.2) is 0 Å². The van der Waals surface area contributed by atoms with Crippen molar-refractivity contribution in [1.82, 2.24) is 9.99 Å². The summed E-state index contributed by atoms with van der Waals surface area (Å²) in [5.41, 5.74) is 4.28. The van der Waals surface area contributed by atoms with Crippen molar-refractivity contribution in [1.29, 1.82) is 0 Å². The molecule has 2 aromatic carbocycles. The number of nitrogens with one attached hydrogen (secondary N) is 1. The molecule has 1 fully saturated rings. The van der Waals surface area contributed by atoms with E-state index in [1.54, 1.807) is 6.21 Å². The fraction of sp³-hybridized carbons (Fsp3) is 0.238. The van der Waals surface area contributed by atoms with Gasteiger partial charge in [0.1, 0.15) is 0 Å². The van der Waals surface area contributed by atoms with Gasteiger partial charge in [0.2, 0.25) is 0 Å². The van der Waals surface area contributed by atoms with E-state index in [0.29, 0.717) is 11.6 Å². The molecule has 0 radical (unpaired) electrons. The molecule has 1 saturated carbocycles. The Morgan fingerprint density at radius 1 is 1.08 bits per heavy atom. The maximum absolute atomic E-state index is 12.4. The van der Waals surface area contributed by atoms with Crippen LogP contribution in [0.5, 0.6) is 0 Å². The number of carbonyl (C=O) groups is 1. The van der Waals surface area contributed by atoms with Crippen LogP contribution in [0, 0.1) is 0 Å². The van der Waals surface area contributed by atoms with E-state index in [1.165, 1.54) is 25.7 Å². The van der Waals surface area contributed by atoms with E-state index in [2.05, 4.69) is 27.5 Å². The predicted octanol–water partition coefficient (Wildman–Crippen LogP) is 4.52. The molecule has 0 aliphatic heterocycles. The average molecular weight is 331 g/mol. The molecule has 0 saturated heterocycles. The minimum absolute atomic E-state index is 0.191. The second-order valence-electron chi connectivity index (χ2n) is 6.56. The van der Waals surface area contributed by atoms with Crippen LogP contribution in [0.25, 0.3) is 10.8 Å². The van der Waals surface area contributed by atoms with Gasteiger partial charge in [-0.05, 0) is 35.7 Å². The number of benzene rings is 2. The number of hydrogen-bond donors (Lipinski definition) is 1. The van der Waals surface area contributed by atoms with Crippen molar-refractivity contribution in [2.45, 2.75) is 31.7 Å². The summed E-state index contributed by atoms with van der Waals surface area (Å²) in [6.07, 6.45) is 11.0. The lowest BCUT2D eigenvalue weighted by atomic mass is 10.0. The Balaban J connectivity index is 1.45. The van der Waals surface area contributed by atoms with Gasteiger partial charge in [-0.2, -0.15) is 5.10 Å². The monoisotopic (exact) mass is 331 g/mol. The fourth-order valence-corrected chi connectivity index (χ4v) is 3.59. The average Bonchev–Trinajstić information content (AvgIpc) is 3.32. The van der Waals surface area contributed by atoms with Gasteiger partial charge in [-0.1, -0.05) is 49.2 Å². The van der Waals surface area contributed by atoms with E-state index < -0.39 is 0 Å². The molecule has 4 rings (SSSR count). The number of nitrogens with zero attached hydrogens (tertiary/aromatic N) is 2. The van der Waals surface area contributed by atoms with Gasteiger partial charge in [0.05, 0.1) is 6.21 Å². The molecular formula is C21H21N3O. The van der Waals surface area contributed by atoms with Crippen molar-refractivity contribution in [3.63, 3.8) is 0 Å². The van der Waals surface area contributed by atoms with Crippen LogP contribution in [0.3, 0.4) is 0 Å². The molecule has 1 aliphatic carbocycles. The molecule has 1 aromatic heterocycles. The highest BCUT2D eigenvalue weighted by Crippen LogP contribution is 2.29. The summed E-state index contributed by atoms with van der Waals surface area (Å²) >= 11 is 0. The fourth-order valence-electron chi connectivity index (χ4n) is 3.59. The Morgan fingerprint density at radius 3 is 2.76 bits per heavy atom. The van der Waals surface area contributed by atoms with Crippen molar-refractivity contribution >= 4 is 22.9 Å². The Kier molecular flexibility index (Phi) is 4.34. The Morgan fingerprint density at radius 2 is 1.88 bits per heavy atom. The number of hydrazone groups is 1. The van der Waals surface area contributed by atoms with E-state index in [0.717, 1.165) is 16.3 Å². The molecule has 0 atom stereocenters. The Bertz CT molecular complexity index is 914. The molecular weight excluding hydrogens is 310 g/mol. The molecule has 1 N–H and O–H groups in total. The molecule has 4 nitrogen and oxygen atoms in total. The van der Waals surface area contributed by atoms with Crippen LogP contribution < -0.4 is 5.43 Å². The molecule has 126 valence electrons. The zero-order valence-electron chi connectivity index (χ0n) is 14.1. The second-order valence-corrected chi connectivity index (χ2v) is 6.56. The van der Waals surface area contributed by atoms with Gasteiger partial charge in [-0.15, -0.1) is 0 Å². The van der Waals surface area contributed by atoms with Crippen LogP contribution in [-0.2, 0) is 0 Å². The summed E-state index contributed by atoms with van der Waals surface area (Å²) in [4.78, 5) is 12.4. The molecule has 1 heterocycles. The van der Waals surface area contributed by atoms with Gasteiger partial charge in [-0.3, -0.25) is 4.79 Å². The number of rotatable bonds is 4. The minimum Gasteiger partial charge on any atom is -0.351 e. The van der Waals surface area contributed by atoms with E-state index >= 15 is 0 Å². The van der Waals surface area contributed by atoms with Crippen LogP contribution in [0.15, 0.2) is 66.0 Å². The summed E-state index contributed by atoms with van der Waals surface area (Å²) < 4.78 is 2.26. The second kappa shape index (κ2) is 6.93. The quantitative estimate of drug-likeness (QED) is 0.554. The molecule has 1 amide bonds. The summed E-state index contributed by atoms with van der Waals surface area (Å²) in [5, 5.41) is 6.11. The summed E-state index contributed by atoms with van der Waals surface area (Å²) in [6.45, 7) is 0. The maximum Gasteiger partial charge on any atom is 0.271 e. The molecule has 0 spiro atoms. The van der Waals surface area contributed by atoms with Gasteiger partial charge in [0.25, 0.3) is 5.91 Å². The van der Waals surface area contributed by atoms with Gasteiger partial charge in [0, 0.05) is 29.6 Å². The van der Waals surface area contributed by atoms with Gasteiger partial charge >= 0.3 is 0 Å². The van der Waals surface area contributed by atoms with Crippen LogP contribution in [0.1, 0.15) is 47.6 Å². The summed E-state index contributed by atoms with van der Waals surface area (Å²) in [6, 6.07) is 16.2. The highest BCUT2D eigenvalue weighted by Gasteiger charge is 2.16. The molecule has 0 bridgehead atoms. The summed E-state index contributed by atoms with van der Waals surface area (Å²) in [7, 11) is 0. The molecule has 4 heteroatoms. The topological polar surface area (TPSA) is 46.4 Å². The summed E-state index contributed by atoms with van der Waals surface area (Å²) in [5.74, 6) is -0.191. The van der Waals surface area contributed by atoms with Crippen molar-refractivity contribution < 1.29 is 4.79 Å². The number of amides is 1. The number of hydrogen-bond acceptors (Lipinski definition) is 2. The highest BCUT2D eigenvalue weighted by molar-refractivity contribution is 6.07. The van der Waals surface area contributed by atoms with Gasteiger partial charge < -0.3 is 4.57 Å². The number of aromatic nitrogens is 1. The lowest BCUT2D eigenvalue weighted by Crippen LogP contribution is -2.17. The first-order valence-electron chi connectivity index (χ1n) is 8.80. The maximum atomic E-state index is 12.4. The van der Waals surface area contributed by atoms with E-state index in [4.69, 9.17) is 0 Å². The van der Waals surface area contributed by atoms with Crippen LogP contribution in [0.4, 0.5) is 0 Å². The minimum atomic E-state index is -0.191. The van der Waals surface area contributed by atoms with Crippen molar-refractivity contribution in [2.24, 2.45) is 5.10 Å². The van der Waals surface area contributed by atoms with Gasteiger partial charge in [-0.25, -0.2) is 5.43 Å². The smallest absolute Gasteiger partial charge is 0.271 e. The molecule has 1 aliphatic rings. The zero-order valence-corrected chi connectivity index (χ0v) is 14.1. The highest BCUT2D eigenvalue weighted by atomic mass is 16.2. The molecule has 0 unspecified atom stereocenters. The van der Waals surface area contributed by atoms with E-state index in [1.807, 2.05) is 48.5 Å². The SMILES string of the molecule is O=C(N/N=C\c1ccn(C2CCCC2)c1)c1cccc2ccccc12. The van der Waals surface area contributed by atoms with Crippen molar-refractivity contribution in [2.75, 3.05) is 0 Å². The molecule has 25 heavy (non-hydrogen) atoms. The van der Waals surface area contributed by atoms with Crippen LogP contribution in [0.2, 0.25) is 0 Å². The standard InChI is InChI=1S/C21H21N3O/c25-21(20-11-5-7-17-6-1-4-10-19(17)20)23-22-14-16-12-13-24(15-16)18-8-2-3-9-18/h1,4-7,10-15,18H,2-3,8-9H2,(H,23,25)/b22-14-. The predicted molar refractivity (Wildman–Crippen MR) is 101 cm³/mol. The Hall–Kier alpha value is -2.88. The first-order chi connectivity index (χ1) is 12.3. The third-order valence-corrected chi connectivity index (χ3v) is 4.90. The number of fused-ring (bicyclic) bond motifs is 1. The first kappa shape index (κ1) is 15.6. The Labute approximate surface area is 147 Å². The lowest BCUT2D eigenvalue weighted by Gasteiger charge is -2.10. The van der Waals surface area contributed by atoms with Crippen LogP contribution in [-0.4, -0.2) is 16.7 Å². The third kappa shape index (κ3) is 3.33. The largest absolute Gasteiger partial charge is 0.351 e. The number of carbonyl (C=O) groups excluding carboxylic acids is 1. The molecule has 3 aromatic rings. The van der Waals surface area contributed by atoms with E-state index in [-0.39, 0.29) is 5.91 Å². The zero-order chi connectivity index (χ0) is 17.1. The van der Waals surface area contributed by atoms with Crippen molar-refractivity contribution in [3.05, 3.63) is 72.1 Å². The van der Waals surface area contributed by atoms with Crippen LogP contribution >= 0.6 is 0 Å². The van der Waals surface area contributed by atoms with E-state index in [9.17, 15) is 4.79 Å². The lowest BCUT2D eigenvalue weighted by molar-refractivity contribution is 0.0957. The third-order valence-electron chi connectivity index (χ3n) is 4.90. The first-order valence-corrected chi connectivity index (χ1v) is 8.80. The van der Waals surface area contributed by atoms with Crippen molar-refractivity contribution in [3.8, 4) is 0 Å². The normalized spacial score (nSPS) is 15.2.